The molecule has 15 heavy (non-hydrogen) atoms. The first kappa shape index (κ1) is 11.1. The van der Waals surface area contributed by atoms with Crippen LogP contribution >= 0.6 is 15.9 Å². The monoisotopic (exact) mass is 272 g/mol. The van der Waals surface area contributed by atoms with E-state index in [1.165, 1.54) is 6.07 Å². The van der Waals surface area contributed by atoms with Gasteiger partial charge in [-0.2, -0.15) is 0 Å². The highest BCUT2D eigenvalue weighted by Gasteiger charge is 2.46. The Balaban J connectivity index is 2.15. The van der Waals surface area contributed by atoms with Crippen LogP contribution in [-0.4, -0.2) is 11.2 Å². The molecule has 2 rings (SSSR count). The molecule has 1 aromatic rings. The summed E-state index contributed by atoms with van der Waals surface area (Å²) in [6.07, 6.45) is 2.70. The van der Waals surface area contributed by atoms with E-state index in [2.05, 4.69) is 15.9 Å². The third-order valence-corrected chi connectivity index (χ3v) is 3.93. The fourth-order valence-corrected chi connectivity index (χ4v) is 2.39. The second-order valence-electron chi connectivity index (χ2n) is 4.46. The zero-order valence-electron chi connectivity index (χ0n) is 8.63. The molecule has 1 nitrogen and oxygen atoms in total. The van der Waals surface area contributed by atoms with E-state index in [1.54, 1.807) is 12.1 Å². The van der Waals surface area contributed by atoms with E-state index in [4.69, 9.17) is 0 Å². The van der Waals surface area contributed by atoms with Crippen molar-refractivity contribution in [2.75, 3.05) is 0 Å². The van der Waals surface area contributed by atoms with E-state index >= 15 is 0 Å². The highest BCUT2D eigenvalue weighted by molar-refractivity contribution is 9.10. The molecule has 0 saturated heterocycles. The maximum absolute atomic E-state index is 13.0. The lowest BCUT2D eigenvalue weighted by molar-refractivity contribution is 0.110. The smallest absolute Gasteiger partial charge is 0.137 e. The largest absolute Gasteiger partial charge is 0.393 e. The van der Waals surface area contributed by atoms with E-state index in [9.17, 15) is 9.50 Å². The number of aliphatic hydroxyl groups excluding tert-OH is 1. The van der Waals surface area contributed by atoms with Crippen molar-refractivity contribution in [2.45, 2.75) is 32.3 Å². The molecule has 1 aliphatic carbocycles. The Morgan fingerprint density at radius 3 is 2.67 bits per heavy atom. The van der Waals surface area contributed by atoms with Gasteiger partial charge in [-0.05, 0) is 59.8 Å². The van der Waals surface area contributed by atoms with Crippen molar-refractivity contribution >= 4 is 15.9 Å². The molecule has 0 heterocycles. The molecule has 1 saturated carbocycles. The fraction of sp³-hybridized carbons (Fsp3) is 0.500. The lowest BCUT2D eigenvalue weighted by atomic mass is 9.92. The zero-order valence-corrected chi connectivity index (χ0v) is 10.2. The lowest BCUT2D eigenvalue weighted by Gasteiger charge is -2.18. The molecule has 1 fully saturated rings. The van der Waals surface area contributed by atoms with Crippen molar-refractivity contribution in [3.63, 3.8) is 0 Å². The van der Waals surface area contributed by atoms with Crippen molar-refractivity contribution in [3.05, 3.63) is 34.1 Å². The zero-order chi connectivity index (χ0) is 11.1. The number of hydrogen-bond donors (Lipinski definition) is 1. The molecular formula is C12H14BrFO. The first-order valence-corrected chi connectivity index (χ1v) is 5.95. The van der Waals surface area contributed by atoms with Crippen molar-refractivity contribution in [1.82, 2.24) is 0 Å². The normalized spacial score (nSPS) is 20.0. The van der Waals surface area contributed by atoms with Gasteiger partial charge < -0.3 is 5.11 Å². The third-order valence-electron chi connectivity index (χ3n) is 3.32. The Bertz CT molecular complexity index is 372. The van der Waals surface area contributed by atoms with Gasteiger partial charge in [-0.1, -0.05) is 6.07 Å². The van der Waals surface area contributed by atoms with Crippen molar-refractivity contribution in [2.24, 2.45) is 5.41 Å². The van der Waals surface area contributed by atoms with Gasteiger partial charge in [0, 0.05) is 5.41 Å². The van der Waals surface area contributed by atoms with Crippen LogP contribution in [0, 0.1) is 11.2 Å². The maximum Gasteiger partial charge on any atom is 0.137 e. The van der Waals surface area contributed by atoms with Crippen LogP contribution in [0.3, 0.4) is 0 Å². The van der Waals surface area contributed by atoms with Gasteiger partial charge in [-0.15, -0.1) is 0 Å². The standard InChI is InChI=1S/C12H14BrFO/c1-8(15)12(4-5-12)7-9-2-3-11(14)10(13)6-9/h2-3,6,8,15H,4-5,7H2,1H3. The molecule has 0 amide bonds. The Morgan fingerprint density at radius 1 is 1.53 bits per heavy atom. The lowest BCUT2D eigenvalue weighted by Crippen LogP contribution is -2.20. The van der Waals surface area contributed by atoms with Crippen LogP contribution in [0.15, 0.2) is 22.7 Å². The van der Waals surface area contributed by atoms with Crippen molar-refractivity contribution in [3.8, 4) is 0 Å². The second-order valence-corrected chi connectivity index (χ2v) is 5.32. The molecular weight excluding hydrogens is 259 g/mol. The predicted molar refractivity (Wildman–Crippen MR) is 61.2 cm³/mol. The summed E-state index contributed by atoms with van der Waals surface area (Å²) >= 11 is 3.17. The minimum Gasteiger partial charge on any atom is -0.393 e. The number of halogens is 2. The molecule has 1 aliphatic rings. The molecule has 0 aliphatic heterocycles. The molecule has 0 radical (unpaired) electrons. The average molecular weight is 273 g/mol. The van der Waals surface area contributed by atoms with Crippen LogP contribution in [0.2, 0.25) is 0 Å². The van der Waals surface area contributed by atoms with Crippen LogP contribution in [0.5, 0.6) is 0 Å². The summed E-state index contributed by atoms with van der Waals surface area (Å²) in [6.45, 7) is 1.84. The Morgan fingerprint density at radius 2 is 2.20 bits per heavy atom. The molecule has 82 valence electrons. The van der Waals surface area contributed by atoms with Gasteiger partial charge in [0.15, 0.2) is 0 Å². The van der Waals surface area contributed by atoms with Gasteiger partial charge >= 0.3 is 0 Å². The molecule has 1 aromatic carbocycles. The molecule has 1 unspecified atom stereocenters. The minimum atomic E-state index is -0.277. The van der Waals surface area contributed by atoms with Gasteiger partial charge in [0.1, 0.15) is 5.82 Å². The first-order chi connectivity index (χ1) is 7.03. The maximum atomic E-state index is 13.0. The van der Waals surface area contributed by atoms with Crippen LogP contribution in [-0.2, 0) is 6.42 Å². The fourth-order valence-electron chi connectivity index (χ4n) is 1.96. The van der Waals surface area contributed by atoms with E-state index in [0.717, 1.165) is 24.8 Å². The Hall–Kier alpha value is -0.410. The number of benzene rings is 1. The van der Waals surface area contributed by atoms with Crippen LogP contribution in [0.25, 0.3) is 0 Å². The van der Waals surface area contributed by atoms with E-state index in [-0.39, 0.29) is 17.3 Å². The number of rotatable bonds is 3. The van der Waals surface area contributed by atoms with Gasteiger partial charge in [-0.25, -0.2) is 4.39 Å². The van der Waals surface area contributed by atoms with Crippen molar-refractivity contribution < 1.29 is 9.50 Å². The summed E-state index contributed by atoms with van der Waals surface area (Å²) in [4.78, 5) is 0. The predicted octanol–water partition coefficient (Wildman–Crippen LogP) is 3.29. The highest BCUT2D eigenvalue weighted by atomic mass is 79.9. The summed E-state index contributed by atoms with van der Waals surface area (Å²) in [6, 6.07) is 5.07. The van der Waals surface area contributed by atoms with Crippen LogP contribution < -0.4 is 0 Å². The summed E-state index contributed by atoms with van der Waals surface area (Å²) in [5.41, 5.74) is 1.14. The number of hydrogen-bond acceptors (Lipinski definition) is 1. The Labute approximate surface area is 97.4 Å². The highest BCUT2D eigenvalue weighted by Crippen LogP contribution is 2.51. The van der Waals surface area contributed by atoms with Gasteiger partial charge in [0.05, 0.1) is 10.6 Å². The summed E-state index contributed by atoms with van der Waals surface area (Å²) in [5, 5.41) is 9.64. The van der Waals surface area contributed by atoms with Crippen molar-refractivity contribution in [1.29, 1.82) is 0 Å². The van der Waals surface area contributed by atoms with Gasteiger partial charge in [0.2, 0.25) is 0 Å². The molecule has 0 aromatic heterocycles. The Kier molecular flexibility index (Phi) is 2.86. The van der Waals surface area contributed by atoms with E-state index in [0.29, 0.717) is 4.47 Å². The molecule has 0 spiro atoms. The number of aliphatic hydroxyl groups is 1. The van der Waals surface area contributed by atoms with E-state index < -0.39 is 0 Å². The topological polar surface area (TPSA) is 20.2 Å². The quantitative estimate of drug-likeness (QED) is 0.896. The molecule has 0 bridgehead atoms. The summed E-state index contributed by atoms with van der Waals surface area (Å²) in [5.74, 6) is -0.236. The van der Waals surface area contributed by atoms with Gasteiger partial charge in [0.25, 0.3) is 0 Å². The average Bonchev–Trinajstić information content (AvgIpc) is 2.93. The third kappa shape index (κ3) is 2.23. The second kappa shape index (κ2) is 3.87. The molecule has 1 atom stereocenters. The van der Waals surface area contributed by atoms with Crippen LogP contribution in [0.1, 0.15) is 25.3 Å². The molecule has 1 N–H and O–H groups in total. The SMILES string of the molecule is CC(O)C1(Cc2ccc(F)c(Br)c2)CC1. The summed E-state index contributed by atoms with van der Waals surface area (Å²) in [7, 11) is 0. The van der Waals surface area contributed by atoms with Crippen LogP contribution in [0.4, 0.5) is 4.39 Å². The van der Waals surface area contributed by atoms with Gasteiger partial charge in [-0.3, -0.25) is 0 Å². The first-order valence-electron chi connectivity index (χ1n) is 5.15. The molecule has 3 heteroatoms. The van der Waals surface area contributed by atoms with E-state index in [1.807, 2.05) is 6.92 Å². The minimum absolute atomic E-state index is 0.0528. The summed E-state index contributed by atoms with van der Waals surface area (Å²) < 4.78 is 13.5.